The van der Waals surface area contributed by atoms with Crippen LogP contribution in [0.4, 0.5) is 0 Å². The summed E-state index contributed by atoms with van der Waals surface area (Å²) in [5.74, 6) is 0.829. The number of rotatable bonds is 3. The van der Waals surface area contributed by atoms with Gasteiger partial charge in [-0.05, 0) is 46.8 Å². The van der Waals surface area contributed by atoms with E-state index in [1.54, 1.807) is 0 Å². The lowest BCUT2D eigenvalue weighted by Crippen LogP contribution is -2.45. The number of pyridine rings is 1. The summed E-state index contributed by atoms with van der Waals surface area (Å²) < 4.78 is 0.954. The smallest absolute Gasteiger partial charge is 0.106 e. The van der Waals surface area contributed by atoms with Crippen molar-refractivity contribution in [3.63, 3.8) is 0 Å². The Morgan fingerprint density at radius 2 is 2.06 bits per heavy atom. The second-order valence-corrected chi connectivity index (χ2v) is 5.77. The molecule has 92 valence electrons. The van der Waals surface area contributed by atoms with E-state index in [0.29, 0.717) is 6.04 Å². The van der Waals surface area contributed by atoms with E-state index in [9.17, 15) is 0 Å². The maximum atomic E-state index is 4.66. The number of hydrogen-bond acceptors (Lipinski definition) is 3. The standard InChI is InChI=1S/C13H18BrN3/c14-12-3-1-2-11(16-12)13(10-4-5-10)17-8-6-15-7-9-17/h1-3,10,13,15H,4-9H2/t13-/m0/s1. The molecular weight excluding hydrogens is 278 g/mol. The van der Waals surface area contributed by atoms with Crippen LogP contribution in [0.5, 0.6) is 0 Å². The van der Waals surface area contributed by atoms with Crippen LogP contribution in [0.15, 0.2) is 22.8 Å². The van der Waals surface area contributed by atoms with E-state index in [1.165, 1.54) is 18.5 Å². The van der Waals surface area contributed by atoms with Crippen LogP contribution in [-0.2, 0) is 0 Å². The van der Waals surface area contributed by atoms with Crippen LogP contribution in [0.3, 0.4) is 0 Å². The molecule has 1 saturated carbocycles. The summed E-state index contributed by atoms with van der Waals surface area (Å²) in [5.41, 5.74) is 1.24. The number of nitrogens with one attached hydrogen (secondary N) is 1. The van der Waals surface area contributed by atoms with Crippen LogP contribution in [0, 0.1) is 5.92 Å². The quantitative estimate of drug-likeness (QED) is 0.867. The third kappa shape index (κ3) is 2.69. The van der Waals surface area contributed by atoms with Gasteiger partial charge in [-0.3, -0.25) is 4.90 Å². The summed E-state index contributed by atoms with van der Waals surface area (Å²) in [6, 6.07) is 6.82. The second kappa shape index (κ2) is 5.04. The molecule has 2 fully saturated rings. The fourth-order valence-electron chi connectivity index (χ4n) is 2.69. The van der Waals surface area contributed by atoms with Crippen molar-refractivity contribution < 1.29 is 0 Å². The lowest BCUT2D eigenvalue weighted by Gasteiger charge is -2.34. The number of piperazine rings is 1. The monoisotopic (exact) mass is 295 g/mol. The average Bonchev–Trinajstić information content (AvgIpc) is 3.15. The molecule has 2 aliphatic rings. The van der Waals surface area contributed by atoms with Gasteiger partial charge in [-0.15, -0.1) is 0 Å². The van der Waals surface area contributed by atoms with E-state index < -0.39 is 0 Å². The normalized spacial score (nSPS) is 23.6. The van der Waals surface area contributed by atoms with Crippen molar-refractivity contribution >= 4 is 15.9 Å². The van der Waals surface area contributed by atoms with Crippen LogP contribution in [0.1, 0.15) is 24.6 Å². The minimum atomic E-state index is 0.537. The topological polar surface area (TPSA) is 28.2 Å². The molecule has 1 aromatic heterocycles. The SMILES string of the molecule is Brc1cccc([C@H](C2CC2)N2CCNCC2)n1. The van der Waals surface area contributed by atoms with Crippen molar-refractivity contribution in [2.24, 2.45) is 5.92 Å². The van der Waals surface area contributed by atoms with Crippen molar-refractivity contribution in [3.8, 4) is 0 Å². The molecule has 0 aromatic carbocycles. The van der Waals surface area contributed by atoms with Crippen molar-refractivity contribution in [1.29, 1.82) is 0 Å². The molecule has 0 spiro atoms. The Morgan fingerprint density at radius 1 is 1.29 bits per heavy atom. The summed E-state index contributed by atoms with van der Waals surface area (Å²) in [7, 11) is 0. The molecule has 1 aromatic rings. The number of aromatic nitrogens is 1. The molecule has 0 amide bonds. The first-order valence-electron chi connectivity index (χ1n) is 6.42. The molecule has 1 atom stereocenters. The van der Waals surface area contributed by atoms with Gasteiger partial charge in [-0.25, -0.2) is 4.98 Å². The number of nitrogens with zero attached hydrogens (tertiary/aromatic N) is 2. The summed E-state index contributed by atoms with van der Waals surface area (Å²) in [5, 5.41) is 3.42. The van der Waals surface area contributed by atoms with Gasteiger partial charge in [0.15, 0.2) is 0 Å². The molecule has 4 heteroatoms. The van der Waals surface area contributed by atoms with Gasteiger partial charge in [0.1, 0.15) is 4.60 Å². The minimum Gasteiger partial charge on any atom is -0.314 e. The van der Waals surface area contributed by atoms with Crippen LogP contribution in [0.2, 0.25) is 0 Å². The van der Waals surface area contributed by atoms with E-state index in [4.69, 9.17) is 0 Å². The number of halogens is 1. The van der Waals surface area contributed by atoms with Gasteiger partial charge in [0.2, 0.25) is 0 Å². The molecule has 0 unspecified atom stereocenters. The van der Waals surface area contributed by atoms with Gasteiger partial charge in [0, 0.05) is 26.2 Å². The Labute approximate surface area is 111 Å². The molecule has 3 rings (SSSR count). The second-order valence-electron chi connectivity index (χ2n) is 4.95. The van der Waals surface area contributed by atoms with E-state index in [-0.39, 0.29) is 0 Å². The lowest BCUT2D eigenvalue weighted by molar-refractivity contribution is 0.153. The van der Waals surface area contributed by atoms with Gasteiger partial charge >= 0.3 is 0 Å². The molecule has 1 aliphatic heterocycles. The van der Waals surface area contributed by atoms with Crippen LogP contribution >= 0.6 is 15.9 Å². The van der Waals surface area contributed by atoms with E-state index >= 15 is 0 Å². The highest BCUT2D eigenvalue weighted by atomic mass is 79.9. The molecular formula is C13H18BrN3. The molecule has 0 bridgehead atoms. The third-order valence-corrected chi connectivity index (χ3v) is 4.09. The van der Waals surface area contributed by atoms with Crippen molar-refractivity contribution in [2.75, 3.05) is 26.2 Å². The van der Waals surface area contributed by atoms with Crippen LogP contribution in [0.25, 0.3) is 0 Å². The lowest BCUT2D eigenvalue weighted by atomic mass is 10.1. The average molecular weight is 296 g/mol. The Kier molecular flexibility index (Phi) is 3.45. The zero-order valence-corrected chi connectivity index (χ0v) is 11.5. The molecule has 17 heavy (non-hydrogen) atoms. The zero-order valence-electron chi connectivity index (χ0n) is 9.90. The van der Waals surface area contributed by atoms with Gasteiger partial charge in [0.25, 0.3) is 0 Å². The Hall–Kier alpha value is -0.450. The van der Waals surface area contributed by atoms with Crippen molar-refractivity contribution in [2.45, 2.75) is 18.9 Å². The van der Waals surface area contributed by atoms with E-state index in [2.05, 4.69) is 43.3 Å². The first-order valence-corrected chi connectivity index (χ1v) is 7.21. The fraction of sp³-hybridized carbons (Fsp3) is 0.615. The van der Waals surface area contributed by atoms with Crippen molar-refractivity contribution in [3.05, 3.63) is 28.5 Å². The van der Waals surface area contributed by atoms with Crippen LogP contribution in [-0.4, -0.2) is 36.1 Å². The van der Waals surface area contributed by atoms with E-state index in [0.717, 1.165) is 36.7 Å². The maximum Gasteiger partial charge on any atom is 0.106 e. The highest BCUT2D eigenvalue weighted by Gasteiger charge is 2.37. The minimum absolute atomic E-state index is 0.537. The maximum absolute atomic E-state index is 4.66. The highest BCUT2D eigenvalue weighted by Crippen LogP contribution is 2.44. The molecule has 3 nitrogen and oxygen atoms in total. The summed E-state index contributed by atoms with van der Waals surface area (Å²) in [6.07, 6.45) is 2.73. The summed E-state index contributed by atoms with van der Waals surface area (Å²) in [6.45, 7) is 4.51. The Balaban J connectivity index is 1.83. The van der Waals surface area contributed by atoms with Gasteiger partial charge in [-0.1, -0.05) is 6.07 Å². The fourth-order valence-corrected chi connectivity index (χ4v) is 3.05. The zero-order chi connectivity index (χ0) is 11.7. The molecule has 1 N–H and O–H groups in total. The molecule has 2 heterocycles. The van der Waals surface area contributed by atoms with E-state index in [1.807, 2.05) is 6.07 Å². The number of hydrogen-bond donors (Lipinski definition) is 1. The Bertz CT molecular complexity index is 386. The molecule has 1 saturated heterocycles. The molecule has 0 radical (unpaired) electrons. The van der Waals surface area contributed by atoms with Gasteiger partial charge in [-0.2, -0.15) is 0 Å². The molecule has 1 aliphatic carbocycles. The third-order valence-electron chi connectivity index (χ3n) is 3.65. The van der Waals surface area contributed by atoms with Gasteiger partial charge in [0.05, 0.1) is 11.7 Å². The van der Waals surface area contributed by atoms with Crippen LogP contribution < -0.4 is 5.32 Å². The highest BCUT2D eigenvalue weighted by molar-refractivity contribution is 9.10. The predicted molar refractivity (Wildman–Crippen MR) is 71.8 cm³/mol. The largest absolute Gasteiger partial charge is 0.314 e. The first kappa shape index (κ1) is 11.6. The van der Waals surface area contributed by atoms with Crippen molar-refractivity contribution in [1.82, 2.24) is 15.2 Å². The Morgan fingerprint density at radius 3 is 2.71 bits per heavy atom. The first-order chi connectivity index (χ1) is 8.34. The van der Waals surface area contributed by atoms with Gasteiger partial charge < -0.3 is 5.32 Å². The summed E-state index contributed by atoms with van der Waals surface area (Å²) >= 11 is 3.48. The predicted octanol–water partition coefficient (Wildman–Crippen LogP) is 2.20. The summed E-state index contributed by atoms with van der Waals surface area (Å²) in [4.78, 5) is 7.26.